The normalized spacial score (nSPS) is 10.9. The van der Waals surface area contributed by atoms with Crippen LogP contribution < -0.4 is 11.2 Å². The van der Waals surface area contributed by atoms with Gasteiger partial charge in [0.1, 0.15) is 5.69 Å². The third kappa shape index (κ3) is 3.65. The number of hydrogen-bond donors (Lipinski definition) is 2. The summed E-state index contributed by atoms with van der Waals surface area (Å²) in [5.74, 6) is 0. The maximum atomic E-state index is 12.0. The average Bonchev–Trinajstić information content (AvgIpc) is 3.13. The van der Waals surface area contributed by atoms with Crippen molar-refractivity contribution in [3.05, 3.63) is 92.1 Å². The zero-order chi connectivity index (χ0) is 19.7. The first-order valence-electron chi connectivity index (χ1n) is 8.57. The van der Waals surface area contributed by atoms with Crippen LogP contribution >= 0.6 is 11.6 Å². The van der Waals surface area contributed by atoms with Crippen LogP contribution in [0.1, 0.15) is 11.3 Å². The van der Waals surface area contributed by atoms with Crippen molar-refractivity contribution in [2.45, 2.75) is 13.5 Å². The zero-order valence-electron chi connectivity index (χ0n) is 14.9. The summed E-state index contributed by atoms with van der Waals surface area (Å²) in [6, 6.07) is 11.5. The third-order valence-corrected chi connectivity index (χ3v) is 4.67. The fraction of sp³-hybridized carbons (Fsp3) is 0.100. The summed E-state index contributed by atoms with van der Waals surface area (Å²) in [6.45, 7) is 2.57. The molecule has 0 aliphatic carbocycles. The molecule has 4 rings (SSSR count). The Morgan fingerprint density at radius 1 is 1.07 bits per heavy atom. The summed E-state index contributed by atoms with van der Waals surface area (Å²) in [6.07, 6.45) is 5.34. The predicted molar refractivity (Wildman–Crippen MR) is 107 cm³/mol. The van der Waals surface area contributed by atoms with Gasteiger partial charge in [0, 0.05) is 41.3 Å². The van der Waals surface area contributed by atoms with Gasteiger partial charge < -0.3 is 9.55 Å². The van der Waals surface area contributed by atoms with Crippen LogP contribution in [-0.4, -0.2) is 24.7 Å². The van der Waals surface area contributed by atoms with Gasteiger partial charge in [0.15, 0.2) is 0 Å². The molecule has 0 saturated carbocycles. The molecule has 0 radical (unpaired) electrons. The maximum Gasteiger partial charge on any atom is 0.325 e. The standard InChI is InChI=1S/C20H16ClN5O2/c1-12-16(8-18(25-24-12)17-9-22-20(28)23-19(17)27)14-6-7-26(11-14)10-13-2-4-15(21)5-3-13/h2-9,11H,10H2,1H3,(H2,22,23,27,28). The highest BCUT2D eigenvalue weighted by Gasteiger charge is 2.12. The summed E-state index contributed by atoms with van der Waals surface area (Å²) in [4.78, 5) is 27.9. The molecule has 3 aromatic heterocycles. The second-order valence-corrected chi connectivity index (χ2v) is 6.85. The minimum Gasteiger partial charge on any atom is -0.349 e. The van der Waals surface area contributed by atoms with Crippen molar-refractivity contribution in [2.24, 2.45) is 0 Å². The van der Waals surface area contributed by atoms with Crippen LogP contribution in [-0.2, 0) is 6.54 Å². The number of aromatic nitrogens is 5. The van der Waals surface area contributed by atoms with Crippen LogP contribution in [0, 0.1) is 6.92 Å². The minimum atomic E-state index is -0.562. The van der Waals surface area contributed by atoms with E-state index < -0.39 is 11.2 Å². The Kier molecular flexibility index (Phi) is 4.67. The van der Waals surface area contributed by atoms with Gasteiger partial charge in [-0.25, -0.2) is 4.79 Å². The quantitative estimate of drug-likeness (QED) is 0.557. The number of rotatable bonds is 4. The molecule has 4 aromatic rings. The second-order valence-electron chi connectivity index (χ2n) is 6.41. The smallest absolute Gasteiger partial charge is 0.325 e. The topological polar surface area (TPSA) is 96.4 Å². The monoisotopic (exact) mass is 393 g/mol. The van der Waals surface area contributed by atoms with Crippen molar-refractivity contribution in [1.82, 2.24) is 24.7 Å². The largest absolute Gasteiger partial charge is 0.349 e. The molecule has 0 spiro atoms. The van der Waals surface area contributed by atoms with Gasteiger partial charge in [-0.15, -0.1) is 5.10 Å². The number of aromatic amines is 2. The van der Waals surface area contributed by atoms with Gasteiger partial charge in [-0.3, -0.25) is 9.78 Å². The fourth-order valence-electron chi connectivity index (χ4n) is 2.98. The number of nitrogens with zero attached hydrogens (tertiary/aromatic N) is 3. The molecule has 7 nitrogen and oxygen atoms in total. The molecule has 0 saturated heterocycles. The first kappa shape index (κ1) is 17.9. The highest BCUT2D eigenvalue weighted by atomic mass is 35.5. The lowest BCUT2D eigenvalue weighted by molar-refractivity contribution is 0.806. The summed E-state index contributed by atoms with van der Waals surface area (Å²) in [5.41, 5.74) is 3.29. The molecule has 0 amide bonds. The van der Waals surface area contributed by atoms with E-state index in [4.69, 9.17) is 11.6 Å². The molecule has 0 bridgehead atoms. The number of H-pyrrole nitrogens is 2. The van der Waals surface area contributed by atoms with E-state index in [0.717, 1.165) is 22.4 Å². The van der Waals surface area contributed by atoms with Crippen LogP contribution in [0.15, 0.2) is 64.6 Å². The van der Waals surface area contributed by atoms with E-state index >= 15 is 0 Å². The summed E-state index contributed by atoms with van der Waals surface area (Å²) < 4.78 is 2.06. The van der Waals surface area contributed by atoms with Crippen molar-refractivity contribution in [1.29, 1.82) is 0 Å². The Morgan fingerprint density at radius 3 is 2.61 bits per heavy atom. The first-order valence-corrected chi connectivity index (χ1v) is 8.95. The van der Waals surface area contributed by atoms with E-state index in [2.05, 4.69) is 24.7 Å². The van der Waals surface area contributed by atoms with E-state index in [1.807, 2.05) is 49.6 Å². The lowest BCUT2D eigenvalue weighted by Gasteiger charge is -2.06. The molecule has 1 aromatic carbocycles. The summed E-state index contributed by atoms with van der Waals surface area (Å²) in [5, 5.41) is 8.98. The Bertz CT molecular complexity index is 1250. The van der Waals surface area contributed by atoms with Crippen molar-refractivity contribution in [3.8, 4) is 22.4 Å². The van der Waals surface area contributed by atoms with Crippen molar-refractivity contribution in [3.63, 3.8) is 0 Å². The second kappa shape index (κ2) is 7.28. The zero-order valence-corrected chi connectivity index (χ0v) is 15.7. The SMILES string of the molecule is Cc1nnc(-c2c[nH]c(=O)[nH]c2=O)cc1-c1ccn(Cc2ccc(Cl)cc2)c1. The Balaban J connectivity index is 1.68. The van der Waals surface area contributed by atoms with E-state index in [1.165, 1.54) is 6.20 Å². The molecule has 0 aliphatic rings. The Morgan fingerprint density at radius 2 is 1.86 bits per heavy atom. The number of nitrogens with one attached hydrogen (secondary N) is 2. The van der Waals surface area contributed by atoms with E-state index in [-0.39, 0.29) is 5.56 Å². The molecular weight excluding hydrogens is 378 g/mol. The molecular formula is C20H16ClN5O2. The number of aryl methyl sites for hydroxylation is 1. The van der Waals surface area contributed by atoms with Crippen molar-refractivity contribution < 1.29 is 0 Å². The first-order chi connectivity index (χ1) is 13.5. The van der Waals surface area contributed by atoms with E-state index in [9.17, 15) is 9.59 Å². The van der Waals surface area contributed by atoms with E-state index in [1.54, 1.807) is 6.07 Å². The maximum absolute atomic E-state index is 12.0. The minimum absolute atomic E-state index is 0.258. The number of benzene rings is 1. The van der Waals surface area contributed by atoms with Crippen LogP contribution in [0.25, 0.3) is 22.4 Å². The van der Waals surface area contributed by atoms with Gasteiger partial charge in [0.25, 0.3) is 5.56 Å². The number of hydrogen-bond acceptors (Lipinski definition) is 4. The van der Waals surface area contributed by atoms with Crippen LogP contribution in [0.5, 0.6) is 0 Å². The Labute approximate surface area is 164 Å². The molecule has 28 heavy (non-hydrogen) atoms. The van der Waals surface area contributed by atoms with Crippen LogP contribution in [0.2, 0.25) is 5.02 Å². The molecule has 0 unspecified atom stereocenters. The van der Waals surface area contributed by atoms with Gasteiger partial charge in [0.2, 0.25) is 0 Å². The van der Waals surface area contributed by atoms with Gasteiger partial charge >= 0.3 is 5.69 Å². The summed E-state index contributed by atoms with van der Waals surface area (Å²) >= 11 is 5.94. The lowest BCUT2D eigenvalue weighted by Crippen LogP contribution is -2.22. The lowest BCUT2D eigenvalue weighted by atomic mass is 10.1. The molecule has 0 aliphatic heterocycles. The molecule has 0 atom stereocenters. The van der Waals surface area contributed by atoms with E-state index in [0.29, 0.717) is 17.3 Å². The van der Waals surface area contributed by atoms with Crippen molar-refractivity contribution in [2.75, 3.05) is 0 Å². The van der Waals surface area contributed by atoms with Crippen molar-refractivity contribution >= 4 is 11.6 Å². The molecule has 3 heterocycles. The van der Waals surface area contributed by atoms with Gasteiger partial charge in [-0.05, 0) is 36.8 Å². The highest BCUT2D eigenvalue weighted by molar-refractivity contribution is 6.30. The fourth-order valence-corrected chi connectivity index (χ4v) is 3.10. The molecule has 2 N–H and O–H groups in total. The Hall–Kier alpha value is -3.45. The summed E-state index contributed by atoms with van der Waals surface area (Å²) in [7, 11) is 0. The molecule has 8 heteroatoms. The number of halogens is 1. The highest BCUT2D eigenvalue weighted by Crippen LogP contribution is 2.25. The van der Waals surface area contributed by atoms with Crippen LogP contribution in [0.4, 0.5) is 0 Å². The predicted octanol–water partition coefficient (Wildman–Crippen LogP) is 3.00. The molecule has 0 fully saturated rings. The average molecular weight is 394 g/mol. The van der Waals surface area contributed by atoms with Gasteiger partial charge in [-0.2, -0.15) is 5.10 Å². The molecule has 140 valence electrons. The van der Waals surface area contributed by atoms with Gasteiger partial charge in [-0.1, -0.05) is 23.7 Å². The van der Waals surface area contributed by atoms with Gasteiger partial charge in [0.05, 0.1) is 11.3 Å². The van der Waals surface area contributed by atoms with Crippen LogP contribution in [0.3, 0.4) is 0 Å². The third-order valence-electron chi connectivity index (χ3n) is 4.41.